The summed E-state index contributed by atoms with van der Waals surface area (Å²) in [6.07, 6.45) is 11.0. The van der Waals surface area contributed by atoms with Gasteiger partial charge in [0.05, 0.1) is 6.61 Å². The minimum absolute atomic E-state index is 0.233. The molecule has 0 heterocycles. The van der Waals surface area contributed by atoms with Gasteiger partial charge in [-0.25, -0.2) is 8.78 Å². The maximum Gasteiger partial charge on any atom is 0.323 e. The van der Waals surface area contributed by atoms with Crippen molar-refractivity contribution in [3.8, 4) is 0 Å². The van der Waals surface area contributed by atoms with Crippen molar-refractivity contribution in [2.75, 3.05) is 6.61 Å². The standard InChI is InChI=1S/C25H38F2O4/c1-4-7-8-9-10-11-12-13-14-17-30-23(28)25(5-2,6-3)24(29)31-19-20-15-16-21(26)22(27)18-20/h15-16,18H,4-14,17,19H2,1-3H3. The first-order valence-electron chi connectivity index (χ1n) is 11.7. The van der Waals surface area contributed by atoms with Crippen LogP contribution in [0.15, 0.2) is 18.2 Å². The lowest BCUT2D eigenvalue weighted by Gasteiger charge is -2.27. The lowest BCUT2D eigenvalue weighted by Crippen LogP contribution is -2.41. The third-order valence-electron chi connectivity index (χ3n) is 5.82. The van der Waals surface area contributed by atoms with E-state index in [-0.39, 0.29) is 26.1 Å². The van der Waals surface area contributed by atoms with Gasteiger partial charge in [0.2, 0.25) is 0 Å². The molecule has 1 rings (SSSR count). The molecular formula is C25H38F2O4. The van der Waals surface area contributed by atoms with Gasteiger partial charge in [0, 0.05) is 0 Å². The molecule has 6 heteroatoms. The van der Waals surface area contributed by atoms with Crippen LogP contribution in [0.5, 0.6) is 0 Å². The van der Waals surface area contributed by atoms with E-state index in [2.05, 4.69) is 6.92 Å². The van der Waals surface area contributed by atoms with Gasteiger partial charge in [0.15, 0.2) is 17.0 Å². The van der Waals surface area contributed by atoms with Crippen LogP contribution in [0.4, 0.5) is 8.78 Å². The average Bonchev–Trinajstić information content (AvgIpc) is 2.77. The van der Waals surface area contributed by atoms with Crippen molar-refractivity contribution >= 4 is 11.9 Å². The van der Waals surface area contributed by atoms with Crippen molar-refractivity contribution in [3.05, 3.63) is 35.4 Å². The molecule has 0 N–H and O–H groups in total. The Kier molecular flexibility index (Phi) is 13.0. The van der Waals surface area contributed by atoms with Gasteiger partial charge in [-0.2, -0.15) is 0 Å². The highest BCUT2D eigenvalue weighted by Gasteiger charge is 2.45. The van der Waals surface area contributed by atoms with E-state index in [9.17, 15) is 18.4 Å². The first kappa shape index (κ1) is 27.1. The maximum absolute atomic E-state index is 13.3. The highest BCUT2D eigenvalue weighted by molar-refractivity contribution is 5.99. The van der Waals surface area contributed by atoms with E-state index in [1.165, 1.54) is 44.6 Å². The van der Waals surface area contributed by atoms with Crippen molar-refractivity contribution in [2.24, 2.45) is 5.41 Å². The number of benzene rings is 1. The number of hydrogen-bond acceptors (Lipinski definition) is 4. The van der Waals surface area contributed by atoms with Crippen LogP contribution in [-0.2, 0) is 25.7 Å². The van der Waals surface area contributed by atoms with Crippen molar-refractivity contribution < 1.29 is 27.8 Å². The third kappa shape index (κ3) is 8.96. The minimum Gasteiger partial charge on any atom is -0.465 e. The fourth-order valence-electron chi connectivity index (χ4n) is 3.54. The third-order valence-corrected chi connectivity index (χ3v) is 5.82. The second-order valence-electron chi connectivity index (χ2n) is 8.08. The number of ether oxygens (including phenoxy) is 2. The fourth-order valence-corrected chi connectivity index (χ4v) is 3.54. The number of hydrogen-bond donors (Lipinski definition) is 0. The number of esters is 2. The monoisotopic (exact) mass is 440 g/mol. The summed E-state index contributed by atoms with van der Waals surface area (Å²) in [7, 11) is 0. The molecule has 0 aliphatic heterocycles. The summed E-state index contributed by atoms with van der Waals surface area (Å²) in [6.45, 7) is 5.74. The van der Waals surface area contributed by atoms with Gasteiger partial charge in [-0.1, -0.05) is 78.2 Å². The van der Waals surface area contributed by atoms with E-state index in [0.717, 1.165) is 31.4 Å². The molecule has 0 aromatic heterocycles. The predicted molar refractivity (Wildman–Crippen MR) is 117 cm³/mol. The fraction of sp³-hybridized carbons (Fsp3) is 0.680. The Balaban J connectivity index is 2.42. The summed E-state index contributed by atoms with van der Waals surface area (Å²) in [6, 6.07) is 3.29. The van der Waals surface area contributed by atoms with Crippen LogP contribution in [0.25, 0.3) is 0 Å². The molecule has 4 nitrogen and oxygen atoms in total. The summed E-state index contributed by atoms with van der Waals surface area (Å²) < 4.78 is 37.0. The topological polar surface area (TPSA) is 52.6 Å². The summed E-state index contributed by atoms with van der Waals surface area (Å²) in [5.41, 5.74) is -1.06. The average molecular weight is 441 g/mol. The molecule has 0 aliphatic carbocycles. The van der Waals surface area contributed by atoms with Gasteiger partial charge < -0.3 is 9.47 Å². The highest BCUT2D eigenvalue weighted by atomic mass is 19.2. The Morgan fingerprint density at radius 2 is 1.32 bits per heavy atom. The molecule has 176 valence electrons. The van der Waals surface area contributed by atoms with Crippen molar-refractivity contribution in [1.29, 1.82) is 0 Å². The number of rotatable bonds is 16. The quantitative estimate of drug-likeness (QED) is 0.160. The van der Waals surface area contributed by atoms with Crippen LogP contribution in [0.3, 0.4) is 0 Å². The van der Waals surface area contributed by atoms with E-state index >= 15 is 0 Å². The Labute approximate surface area is 185 Å². The van der Waals surface area contributed by atoms with Gasteiger partial charge >= 0.3 is 11.9 Å². The van der Waals surface area contributed by atoms with E-state index in [1.807, 2.05) is 0 Å². The number of unbranched alkanes of at least 4 members (excludes halogenated alkanes) is 8. The first-order valence-corrected chi connectivity index (χ1v) is 11.7. The molecule has 0 amide bonds. The Morgan fingerprint density at radius 1 is 0.774 bits per heavy atom. The molecular weight excluding hydrogens is 402 g/mol. The maximum atomic E-state index is 13.3. The van der Waals surface area contributed by atoms with Crippen LogP contribution in [0, 0.1) is 17.0 Å². The Bertz CT molecular complexity index is 671. The van der Waals surface area contributed by atoms with Gasteiger partial charge in [0.25, 0.3) is 0 Å². The number of carbonyl (C=O) groups excluding carboxylic acids is 2. The Morgan fingerprint density at radius 3 is 1.87 bits per heavy atom. The lowest BCUT2D eigenvalue weighted by atomic mass is 9.82. The summed E-state index contributed by atoms with van der Waals surface area (Å²) >= 11 is 0. The normalized spacial score (nSPS) is 11.4. The van der Waals surface area contributed by atoms with E-state index in [0.29, 0.717) is 5.56 Å². The molecule has 0 spiro atoms. The van der Waals surface area contributed by atoms with Gasteiger partial charge in [-0.15, -0.1) is 0 Å². The molecule has 0 aliphatic rings. The van der Waals surface area contributed by atoms with E-state index in [1.54, 1.807) is 13.8 Å². The van der Waals surface area contributed by atoms with Crippen LogP contribution < -0.4 is 0 Å². The zero-order chi connectivity index (χ0) is 23.1. The Hall–Kier alpha value is -1.98. The van der Waals surface area contributed by atoms with Crippen molar-refractivity contribution in [2.45, 2.75) is 98.0 Å². The largest absolute Gasteiger partial charge is 0.465 e. The number of carbonyl (C=O) groups is 2. The van der Waals surface area contributed by atoms with Crippen molar-refractivity contribution in [1.82, 2.24) is 0 Å². The van der Waals surface area contributed by atoms with Crippen molar-refractivity contribution in [3.63, 3.8) is 0 Å². The van der Waals surface area contributed by atoms with E-state index in [4.69, 9.17) is 9.47 Å². The highest BCUT2D eigenvalue weighted by Crippen LogP contribution is 2.31. The molecule has 0 unspecified atom stereocenters. The van der Waals surface area contributed by atoms with E-state index < -0.39 is 29.0 Å². The molecule has 0 saturated carbocycles. The minimum atomic E-state index is -1.38. The number of halogens is 2. The molecule has 1 aromatic carbocycles. The second kappa shape index (κ2) is 14.9. The van der Waals surface area contributed by atoms with Crippen LogP contribution in [0.1, 0.15) is 97.0 Å². The summed E-state index contributed by atoms with van der Waals surface area (Å²) in [5.74, 6) is -3.25. The van der Waals surface area contributed by atoms with Crippen LogP contribution >= 0.6 is 0 Å². The summed E-state index contributed by atoms with van der Waals surface area (Å²) in [5, 5.41) is 0. The first-order chi connectivity index (χ1) is 14.9. The van der Waals surface area contributed by atoms with Crippen LogP contribution in [0.2, 0.25) is 0 Å². The smallest absolute Gasteiger partial charge is 0.323 e. The molecule has 0 saturated heterocycles. The molecule has 0 fully saturated rings. The zero-order valence-electron chi connectivity index (χ0n) is 19.3. The molecule has 0 atom stereocenters. The lowest BCUT2D eigenvalue weighted by molar-refractivity contribution is -0.174. The zero-order valence-corrected chi connectivity index (χ0v) is 19.3. The molecule has 0 radical (unpaired) electrons. The van der Waals surface area contributed by atoms with Gasteiger partial charge in [-0.05, 0) is 37.0 Å². The second-order valence-corrected chi connectivity index (χ2v) is 8.08. The predicted octanol–water partition coefficient (Wildman–Crippen LogP) is 6.89. The molecule has 31 heavy (non-hydrogen) atoms. The van der Waals surface area contributed by atoms with Gasteiger partial charge in [0.1, 0.15) is 6.61 Å². The van der Waals surface area contributed by atoms with Crippen LogP contribution in [-0.4, -0.2) is 18.5 Å². The molecule has 1 aromatic rings. The van der Waals surface area contributed by atoms with Gasteiger partial charge in [-0.3, -0.25) is 9.59 Å². The molecule has 0 bridgehead atoms. The summed E-state index contributed by atoms with van der Waals surface area (Å²) in [4.78, 5) is 25.4. The SMILES string of the molecule is CCCCCCCCCCCOC(=O)C(CC)(CC)C(=O)OCc1ccc(F)c(F)c1.